The highest BCUT2D eigenvalue weighted by Gasteiger charge is 2.10. The Balaban J connectivity index is 0.000000194. The zero-order valence-electron chi connectivity index (χ0n) is 14.5. The van der Waals surface area contributed by atoms with Crippen LogP contribution in [0.15, 0.2) is 60.9 Å². The van der Waals surface area contributed by atoms with E-state index in [4.69, 9.17) is 15.5 Å². The number of benzene rings is 2. The molecule has 136 valence electrons. The first-order valence-corrected chi connectivity index (χ1v) is 7.94. The third-order valence-electron chi connectivity index (χ3n) is 3.73. The molecule has 2 aromatic carbocycles. The van der Waals surface area contributed by atoms with Crippen LogP contribution in [0.5, 0.6) is 0 Å². The molecule has 7 heteroatoms. The smallest absolute Gasteiger partial charge is 0.335 e. The van der Waals surface area contributed by atoms with E-state index in [2.05, 4.69) is 4.98 Å². The number of hydrogen-bond donors (Lipinski definition) is 2. The maximum Gasteiger partial charge on any atom is 0.335 e. The molecule has 0 fully saturated rings. The van der Waals surface area contributed by atoms with E-state index >= 15 is 0 Å². The molecule has 0 aliphatic heterocycles. The van der Waals surface area contributed by atoms with Gasteiger partial charge in [0.25, 0.3) is 0 Å². The molecule has 7 nitrogen and oxygen atoms in total. The summed E-state index contributed by atoms with van der Waals surface area (Å²) >= 11 is 0. The number of nitrogens with zero attached hydrogens (tertiary/aromatic N) is 3. The number of aryl methyl sites for hydroxylation is 1. The monoisotopic (exact) mass is 363 g/mol. The van der Waals surface area contributed by atoms with Gasteiger partial charge in [-0.2, -0.15) is 5.26 Å². The molecule has 0 saturated carbocycles. The summed E-state index contributed by atoms with van der Waals surface area (Å²) in [5.74, 6) is -1.78. The molecule has 3 rings (SSSR count). The van der Waals surface area contributed by atoms with E-state index in [1.165, 1.54) is 17.7 Å². The maximum absolute atomic E-state index is 10.6. The summed E-state index contributed by atoms with van der Waals surface area (Å²) in [5.41, 5.74) is 1.74. The summed E-state index contributed by atoms with van der Waals surface area (Å²) in [6.07, 6.45) is 3.45. The third-order valence-corrected chi connectivity index (χ3v) is 3.73. The standard InChI is InChI=1S/C11H9N3.C9H8O4/c12-8-11-13-6-7-14(11)9-10-4-2-1-3-5-10;1-5-2-3-6(8(10)11)4-7(5)9(12)13/h1-7H,9H2;2-4H,1H3,(H,10,11)(H,12,13). The van der Waals surface area contributed by atoms with E-state index in [0.717, 1.165) is 6.07 Å². The second kappa shape index (κ2) is 8.97. The first kappa shape index (κ1) is 19.4. The predicted molar refractivity (Wildman–Crippen MR) is 97.6 cm³/mol. The van der Waals surface area contributed by atoms with E-state index in [9.17, 15) is 9.59 Å². The van der Waals surface area contributed by atoms with Gasteiger partial charge in [-0.3, -0.25) is 0 Å². The van der Waals surface area contributed by atoms with Crippen molar-refractivity contribution in [2.24, 2.45) is 0 Å². The fourth-order valence-corrected chi connectivity index (χ4v) is 2.32. The number of carbonyl (C=O) groups is 2. The zero-order valence-corrected chi connectivity index (χ0v) is 14.5. The largest absolute Gasteiger partial charge is 0.478 e. The van der Waals surface area contributed by atoms with Crippen molar-refractivity contribution in [3.8, 4) is 6.07 Å². The first-order valence-electron chi connectivity index (χ1n) is 7.94. The fourth-order valence-electron chi connectivity index (χ4n) is 2.32. The molecule has 0 spiro atoms. The molecular weight excluding hydrogens is 346 g/mol. The van der Waals surface area contributed by atoms with Crippen molar-refractivity contribution in [1.29, 1.82) is 5.26 Å². The van der Waals surface area contributed by atoms with Crippen LogP contribution in [0.3, 0.4) is 0 Å². The lowest BCUT2D eigenvalue weighted by Gasteiger charge is -2.02. The molecule has 1 aromatic heterocycles. The Kier molecular flexibility index (Phi) is 6.44. The van der Waals surface area contributed by atoms with Crippen LogP contribution in [0.2, 0.25) is 0 Å². The first-order chi connectivity index (χ1) is 12.9. The zero-order chi connectivity index (χ0) is 19.8. The van der Waals surface area contributed by atoms with E-state index in [0.29, 0.717) is 17.9 Å². The summed E-state index contributed by atoms with van der Waals surface area (Å²) in [5, 5.41) is 26.0. The van der Waals surface area contributed by atoms with Crippen molar-refractivity contribution in [2.45, 2.75) is 13.5 Å². The van der Waals surface area contributed by atoms with E-state index in [1.807, 2.05) is 47.2 Å². The van der Waals surface area contributed by atoms with Crippen LogP contribution in [-0.2, 0) is 6.54 Å². The van der Waals surface area contributed by atoms with Gasteiger partial charge in [0.2, 0.25) is 5.82 Å². The number of imidazole rings is 1. The van der Waals surface area contributed by atoms with E-state index in [-0.39, 0.29) is 11.1 Å². The normalized spacial score (nSPS) is 9.63. The lowest BCUT2D eigenvalue weighted by Crippen LogP contribution is -2.03. The summed E-state index contributed by atoms with van der Waals surface area (Å²) < 4.78 is 1.83. The lowest BCUT2D eigenvalue weighted by atomic mass is 10.1. The fraction of sp³-hybridized carbons (Fsp3) is 0.100. The molecule has 0 aliphatic carbocycles. The van der Waals surface area contributed by atoms with Crippen LogP contribution in [-0.4, -0.2) is 31.7 Å². The van der Waals surface area contributed by atoms with Crippen molar-refractivity contribution in [1.82, 2.24) is 9.55 Å². The van der Waals surface area contributed by atoms with Gasteiger partial charge in [0.05, 0.1) is 11.1 Å². The molecule has 3 aromatic rings. The molecule has 27 heavy (non-hydrogen) atoms. The molecule has 2 N–H and O–H groups in total. The molecular formula is C20H17N3O4. The number of aromatic carboxylic acids is 2. The summed E-state index contributed by atoms with van der Waals surface area (Å²) in [6, 6.07) is 16.1. The van der Waals surface area contributed by atoms with Gasteiger partial charge in [0, 0.05) is 18.9 Å². The minimum atomic E-state index is -1.12. The molecule has 0 bridgehead atoms. The molecule has 0 radical (unpaired) electrons. The number of hydrogen-bond acceptors (Lipinski definition) is 4. The van der Waals surface area contributed by atoms with Crippen LogP contribution in [0.4, 0.5) is 0 Å². The van der Waals surface area contributed by atoms with Gasteiger partial charge in [0.15, 0.2) is 0 Å². The molecule has 0 unspecified atom stereocenters. The molecule has 1 heterocycles. The van der Waals surface area contributed by atoms with Gasteiger partial charge in [-0.1, -0.05) is 36.4 Å². The lowest BCUT2D eigenvalue weighted by molar-refractivity contribution is 0.0695. The number of rotatable bonds is 4. The highest BCUT2D eigenvalue weighted by atomic mass is 16.4. The molecule has 0 aliphatic rings. The number of aromatic nitrogens is 2. The SMILES string of the molecule is Cc1ccc(C(=O)O)cc1C(=O)O.N#Cc1nccn1Cc1ccccc1. The van der Waals surface area contributed by atoms with Crippen LogP contribution in [0.25, 0.3) is 0 Å². The van der Waals surface area contributed by atoms with Crippen LogP contribution >= 0.6 is 0 Å². The highest BCUT2D eigenvalue weighted by Crippen LogP contribution is 2.11. The van der Waals surface area contributed by atoms with Gasteiger partial charge < -0.3 is 14.8 Å². The van der Waals surface area contributed by atoms with Crippen molar-refractivity contribution < 1.29 is 19.8 Å². The second-order valence-corrected chi connectivity index (χ2v) is 5.62. The third kappa shape index (κ3) is 5.28. The summed E-state index contributed by atoms with van der Waals surface area (Å²) in [6.45, 7) is 2.32. The second-order valence-electron chi connectivity index (χ2n) is 5.62. The Morgan fingerprint density at radius 3 is 2.41 bits per heavy atom. The number of carboxylic acid groups (broad SMARTS) is 2. The molecule has 0 atom stereocenters. The van der Waals surface area contributed by atoms with E-state index in [1.54, 1.807) is 13.1 Å². The minimum absolute atomic E-state index is 0.0111. The Morgan fingerprint density at radius 2 is 1.81 bits per heavy atom. The average Bonchev–Trinajstić information content (AvgIpc) is 3.10. The van der Waals surface area contributed by atoms with E-state index < -0.39 is 11.9 Å². The quantitative estimate of drug-likeness (QED) is 0.735. The van der Waals surface area contributed by atoms with Gasteiger partial charge in [-0.05, 0) is 30.2 Å². The average molecular weight is 363 g/mol. The topological polar surface area (TPSA) is 116 Å². The number of nitriles is 1. The van der Waals surface area contributed by atoms with Crippen molar-refractivity contribution in [2.75, 3.05) is 0 Å². The van der Waals surface area contributed by atoms with Crippen LogP contribution in [0.1, 0.15) is 37.7 Å². The minimum Gasteiger partial charge on any atom is -0.478 e. The van der Waals surface area contributed by atoms with Gasteiger partial charge in [-0.15, -0.1) is 0 Å². The number of carboxylic acids is 2. The summed E-state index contributed by atoms with van der Waals surface area (Å²) in [7, 11) is 0. The highest BCUT2D eigenvalue weighted by molar-refractivity contribution is 5.94. The van der Waals surface area contributed by atoms with Gasteiger partial charge in [0.1, 0.15) is 6.07 Å². The molecule has 0 saturated heterocycles. The van der Waals surface area contributed by atoms with Crippen LogP contribution < -0.4 is 0 Å². The van der Waals surface area contributed by atoms with Crippen molar-refractivity contribution in [3.05, 3.63) is 89.0 Å². The van der Waals surface area contributed by atoms with Gasteiger partial charge >= 0.3 is 11.9 Å². The Labute approximate surface area is 155 Å². The Bertz CT molecular complexity index is 988. The Hall–Kier alpha value is -3.92. The maximum atomic E-state index is 10.6. The summed E-state index contributed by atoms with van der Waals surface area (Å²) in [4.78, 5) is 25.0. The van der Waals surface area contributed by atoms with Crippen molar-refractivity contribution >= 4 is 11.9 Å². The van der Waals surface area contributed by atoms with Gasteiger partial charge in [-0.25, -0.2) is 14.6 Å². The Morgan fingerprint density at radius 1 is 1.11 bits per heavy atom. The van der Waals surface area contributed by atoms with Crippen LogP contribution in [0, 0.1) is 18.3 Å². The van der Waals surface area contributed by atoms with Crippen molar-refractivity contribution in [3.63, 3.8) is 0 Å². The molecule has 0 amide bonds. The predicted octanol–water partition coefficient (Wildman–Crippen LogP) is 3.19.